The van der Waals surface area contributed by atoms with E-state index in [1.807, 2.05) is 6.92 Å². The van der Waals surface area contributed by atoms with Crippen LogP contribution in [0.1, 0.15) is 72.9 Å². The highest BCUT2D eigenvalue weighted by Crippen LogP contribution is 2.41. The highest BCUT2D eigenvalue weighted by molar-refractivity contribution is 5.95. The Balaban J connectivity index is 2.26. The van der Waals surface area contributed by atoms with E-state index >= 15 is 0 Å². The summed E-state index contributed by atoms with van der Waals surface area (Å²) < 4.78 is 24.4. The first-order chi connectivity index (χ1) is 13.6. The van der Waals surface area contributed by atoms with Gasteiger partial charge in [-0.15, -0.1) is 0 Å². The summed E-state index contributed by atoms with van der Waals surface area (Å²) in [6.45, 7) is 9.80. The molecule has 0 atom stereocenters. The van der Waals surface area contributed by atoms with Crippen LogP contribution in [-0.4, -0.2) is 23.0 Å². The number of aryl methyl sites for hydroxylation is 1. The molecule has 0 saturated carbocycles. The molecule has 0 bridgehead atoms. The first kappa shape index (κ1) is 21.0. The average molecular weight is 398 g/mol. The van der Waals surface area contributed by atoms with Crippen molar-refractivity contribution in [1.29, 1.82) is 0 Å². The van der Waals surface area contributed by atoms with Crippen molar-refractivity contribution in [3.05, 3.63) is 52.2 Å². The zero-order valence-corrected chi connectivity index (χ0v) is 17.9. The number of methoxy groups -OCH3 is 1. The van der Waals surface area contributed by atoms with Crippen LogP contribution in [0.25, 0.3) is 5.57 Å². The molecule has 0 aliphatic heterocycles. The van der Waals surface area contributed by atoms with Crippen LogP contribution in [0.5, 0.6) is 11.6 Å². The molecule has 3 rings (SSSR count). The van der Waals surface area contributed by atoms with E-state index in [0.717, 1.165) is 36.1 Å². The summed E-state index contributed by atoms with van der Waals surface area (Å²) in [4.78, 5) is 21.3. The van der Waals surface area contributed by atoms with Crippen molar-refractivity contribution < 1.29 is 18.7 Å². The van der Waals surface area contributed by atoms with Crippen LogP contribution >= 0.6 is 0 Å². The number of carbonyl (C=O) groups is 1. The molecule has 6 heteroatoms. The molecule has 2 heterocycles. The quantitative estimate of drug-likeness (QED) is 0.490. The van der Waals surface area contributed by atoms with Crippen molar-refractivity contribution in [3.8, 4) is 11.6 Å². The Kier molecular flexibility index (Phi) is 5.73. The van der Waals surface area contributed by atoms with Crippen molar-refractivity contribution >= 4 is 11.5 Å². The highest BCUT2D eigenvalue weighted by atomic mass is 19.1. The van der Waals surface area contributed by atoms with Crippen molar-refractivity contribution in [2.24, 2.45) is 0 Å². The number of hydrogen-bond acceptors (Lipinski definition) is 5. The van der Waals surface area contributed by atoms with Gasteiger partial charge in [-0.1, -0.05) is 26.8 Å². The molecule has 0 saturated heterocycles. The number of nitrogens with zero attached hydrogens (tertiary/aromatic N) is 2. The summed E-state index contributed by atoms with van der Waals surface area (Å²) in [6, 6.07) is 2.70. The molecule has 2 aromatic rings. The van der Waals surface area contributed by atoms with Crippen molar-refractivity contribution in [2.45, 2.75) is 59.3 Å². The number of allylic oxidation sites excluding steroid dienone is 2. The third-order valence-electron chi connectivity index (χ3n) is 5.09. The second-order valence-electron chi connectivity index (χ2n) is 8.32. The van der Waals surface area contributed by atoms with Gasteiger partial charge >= 0.3 is 5.97 Å². The molecule has 2 aromatic heterocycles. The Morgan fingerprint density at radius 1 is 1.17 bits per heavy atom. The number of hydrogen-bond donors (Lipinski definition) is 0. The Hall–Kier alpha value is -2.76. The minimum absolute atomic E-state index is 0.151. The molecule has 29 heavy (non-hydrogen) atoms. The lowest BCUT2D eigenvalue weighted by molar-refractivity contribution is 0.0596. The van der Waals surface area contributed by atoms with E-state index in [-0.39, 0.29) is 16.9 Å². The van der Waals surface area contributed by atoms with Gasteiger partial charge in [0.05, 0.1) is 18.5 Å². The van der Waals surface area contributed by atoms with Crippen LogP contribution in [0.4, 0.5) is 4.39 Å². The number of aromatic nitrogens is 2. The molecule has 0 unspecified atom stereocenters. The lowest BCUT2D eigenvalue weighted by Gasteiger charge is -2.26. The minimum atomic E-state index is -0.592. The topological polar surface area (TPSA) is 61.3 Å². The van der Waals surface area contributed by atoms with Crippen LogP contribution in [0.3, 0.4) is 0 Å². The second kappa shape index (κ2) is 7.93. The summed E-state index contributed by atoms with van der Waals surface area (Å²) in [5.41, 5.74) is 4.23. The maximum atomic E-state index is 13.4. The van der Waals surface area contributed by atoms with Gasteiger partial charge in [-0.25, -0.2) is 14.8 Å². The SMILES string of the molecule is COC(=O)c1c(Oc2ccc(F)nc2C)nc(C(C)(C)C)c(C2=CCCC2)c1C. The van der Waals surface area contributed by atoms with E-state index in [9.17, 15) is 9.18 Å². The van der Waals surface area contributed by atoms with Crippen LogP contribution in [0, 0.1) is 19.8 Å². The molecule has 1 aliphatic rings. The first-order valence-electron chi connectivity index (χ1n) is 9.77. The van der Waals surface area contributed by atoms with Gasteiger partial charge in [0, 0.05) is 11.0 Å². The van der Waals surface area contributed by atoms with Crippen molar-refractivity contribution in [2.75, 3.05) is 7.11 Å². The third-order valence-corrected chi connectivity index (χ3v) is 5.09. The molecule has 0 amide bonds. The number of carbonyl (C=O) groups excluding carboxylic acids is 1. The summed E-state index contributed by atoms with van der Waals surface area (Å²) in [5, 5.41) is 0. The largest absolute Gasteiger partial charge is 0.465 e. The highest BCUT2D eigenvalue weighted by Gasteiger charge is 2.31. The lowest BCUT2D eigenvalue weighted by atomic mass is 9.83. The van der Waals surface area contributed by atoms with Gasteiger partial charge in [0.2, 0.25) is 11.8 Å². The fourth-order valence-corrected chi connectivity index (χ4v) is 3.66. The fraction of sp³-hybridized carbons (Fsp3) is 0.435. The standard InChI is InChI=1S/C23H27FN2O3/c1-13-18(15-9-7-8-10-15)20(23(3,4)5)26-21(19(13)22(27)28-6)29-16-11-12-17(24)25-14(16)2/h9,11-12H,7-8,10H2,1-6H3. The summed E-state index contributed by atoms with van der Waals surface area (Å²) >= 11 is 0. The van der Waals surface area contributed by atoms with Crippen LogP contribution in [0.2, 0.25) is 0 Å². The van der Waals surface area contributed by atoms with Gasteiger partial charge in [-0.2, -0.15) is 4.39 Å². The number of halogens is 1. The Morgan fingerprint density at radius 3 is 2.45 bits per heavy atom. The van der Waals surface area contributed by atoms with E-state index in [0.29, 0.717) is 11.4 Å². The smallest absolute Gasteiger partial charge is 0.343 e. The summed E-state index contributed by atoms with van der Waals surface area (Å²) in [6.07, 6.45) is 5.28. The molecule has 0 radical (unpaired) electrons. The molecular weight excluding hydrogens is 371 g/mol. The Labute approximate surface area is 171 Å². The predicted octanol–water partition coefficient (Wildman–Crippen LogP) is 5.68. The van der Waals surface area contributed by atoms with Crippen LogP contribution < -0.4 is 4.74 Å². The number of pyridine rings is 2. The molecule has 0 N–H and O–H groups in total. The van der Waals surface area contributed by atoms with E-state index < -0.39 is 11.9 Å². The average Bonchev–Trinajstić information content (AvgIpc) is 3.16. The maximum absolute atomic E-state index is 13.4. The first-order valence-corrected chi connectivity index (χ1v) is 9.77. The number of rotatable bonds is 4. The van der Waals surface area contributed by atoms with E-state index in [2.05, 4.69) is 31.8 Å². The fourth-order valence-electron chi connectivity index (χ4n) is 3.66. The Bertz CT molecular complexity index is 991. The van der Waals surface area contributed by atoms with Crippen LogP contribution in [-0.2, 0) is 10.2 Å². The molecule has 154 valence electrons. The van der Waals surface area contributed by atoms with E-state index in [4.69, 9.17) is 14.5 Å². The minimum Gasteiger partial charge on any atom is -0.465 e. The monoisotopic (exact) mass is 398 g/mol. The normalized spacial score (nSPS) is 14.0. The number of esters is 1. The molecule has 0 aromatic carbocycles. The molecule has 1 aliphatic carbocycles. The summed E-state index contributed by atoms with van der Waals surface area (Å²) in [7, 11) is 1.34. The maximum Gasteiger partial charge on any atom is 0.343 e. The zero-order valence-electron chi connectivity index (χ0n) is 17.9. The zero-order chi connectivity index (χ0) is 21.3. The molecule has 0 spiro atoms. The van der Waals surface area contributed by atoms with Gasteiger partial charge in [0.15, 0.2) is 5.75 Å². The van der Waals surface area contributed by atoms with Gasteiger partial charge in [-0.05, 0) is 56.4 Å². The molecule has 0 fully saturated rings. The van der Waals surface area contributed by atoms with E-state index in [1.54, 1.807) is 6.92 Å². The summed E-state index contributed by atoms with van der Waals surface area (Å²) in [5.74, 6) is -0.613. The van der Waals surface area contributed by atoms with E-state index in [1.165, 1.54) is 24.8 Å². The van der Waals surface area contributed by atoms with Gasteiger partial charge in [-0.3, -0.25) is 0 Å². The molecule has 5 nitrogen and oxygen atoms in total. The van der Waals surface area contributed by atoms with Crippen molar-refractivity contribution in [1.82, 2.24) is 9.97 Å². The molecular formula is C23H27FN2O3. The van der Waals surface area contributed by atoms with Crippen molar-refractivity contribution in [3.63, 3.8) is 0 Å². The lowest BCUT2D eigenvalue weighted by Crippen LogP contribution is -2.21. The van der Waals surface area contributed by atoms with Gasteiger partial charge < -0.3 is 9.47 Å². The van der Waals surface area contributed by atoms with Crippen LogP contribution in [0.15, 0.2) is 18.2 Å². The van der Waals surface area contributed by atoms with Gasteiger partial charge in [0.1, 0.15) is 5.56 Å². The second-order valence-corrected chi connectivity index (χ2v) is 8.32. The third kappa shape index (κ3) is 4.16. The predicted molar refractivity (Wildman–Crippen MR) is 110 cm³/mol. The Morgan fingerprint density at radius 2 is 1.90 bits per heavy atom. The number of ether oxygens (including phenoxy) is 2. The van der Waals surface area contributed by atoms with Gasteiger partial charge in [0.25, 0.3) is 0 Å².